The fraction of sp³-hybridized carbons (Fsp3) is 0.391. The lowest BCUT2D eigenvalue weighted by molar-refractivity contribution is -0.185. The van der Waals surface area contributed by atoms with Crippen LogP contribution in [0.15, 0.2) is 60.9 Å². The third kappa shape index (κ3) is 4.73. The molecule has 7 heteroatoms. The number of rotatable bonds is 7. The summed E-state index contributed by atoms with van der Waals surface area (Å²) in [6.07, 6.45) is 3.03. The lowest BCUT2D eigenvalue weighted by Gasteiger charge is -2.31. The summed E-state index contributed by atoms with van der Waals surface area (Å²) < 4.78 is 41.1. The number of benzene rings is 1. The molecule has 2 heterocycles. The number of hydrogen-bond acceptors (Lipinski definition) is 3. The summed E-state index contributed by atoms with van der Waals surface area (Å²) in [5.41, 5.74) is 1.15. The van der Waals surface area contributed by atoms with Gasteiger partial charge in [0.25, 0.3) is 0 Å². The molecule has 1 N–H and O–H groups in total. The van der Waals surface area contributed by atoms with Crippen molar-refractivity contribution >= 4 is 12.0 Å². The number of carbonyl (C=O) groups is 1. The van der Waals surface area contributed by atoms with Gasteiger partial charge in [-0.05, 0) is 47.4 Å². The van der Waals surface area contributed by atoms with E-state index in [1.165, 1.54) is 6.08 Å². The SMILES string of the molecule is O=C(/C=C/c1cccnc1)NCC[C@@H]1[C@H]2CN(C(c3ccccc3)C(F)(F)F)C[C@@H]12. The Balaban J connectivity index is 1.23. The number of hydrogen-bond donors (Lipinski definition) is 1. The van der Waals surface area contributed by atoms with Crippen molar-refractivity contribution < 1.29 is 18.0 Å². The molecule has 1 saturated heterocycles. The molecule has 0 bridgehead atoms. The van der Waals surface area contributed by atoms with Gasteiger partial charge in [0.05, 0.1) is 0 Å². The second kappa shape index (κ2) is 8.60. The van der Waals surface area contributed by atoms with Crippen LogP contribution in [0, 0.1) is 17.8 Å². The first kappa shape index (κ1) is 20.6. The topological polar surface area (TPSA) is 45.2 Å². The maximum Gasteiger partial charge on any atom is 0.408 e. The monoisotopic (exact) mass is 415 g/mol. The van der Waals surface area contributed by atoms with Crippen molar-refractivity contribution in [3.8, 4) is 0 Å². The van der Waals surface area contributed by atoms with Crippen molar-refractivity contribution in [1.82, 2.24) is 15.2 Å². The van der Waals surface area contributed by atoms with E-state index in [1.807, 2.05) is 6.07 Å². The molecule has 0 spiro atoms. The van der Waals surface area contributed by atoms with Crippen molar-refractivity contribution in [2.24, 2.45) is 17.8 Å². The highest BCUT2D eigenvalue weighted by molar-refractivity contribution is 5.91. The number of amides is 1. The first-order valence-corrected chi connectivity index (χ1v) is 10.1. The molecule has 4 nitrogen and oxygen atoms in total. The number of likely N-dealkylation sites (tertiary alicyclic amines) is 1. The molecule has 158 valence electrons. The first-order valence-electron chi connectivity index (χ1n) is 10.1. The number of piperidine rings is 1. The van der Waals surface area contributed by atoms with Crippen LogP contribution < -0.4 is 5.32 Å². The largest absolute Gasteiger partial charge is 0.408 e. The van der Waals surface area contributed by atoms with Gasteiger partial charge in [0, 0.05) is 38.1 Å². The van der Waals surface area contributed by atoms with Gasteiger partial charge >= 0.3 is 6.18 Å². The van der Waals surface area contributed by atoms with Crippen LogP contribution >= 0.6 is 0 Å². The molecule has 1 amide bonds. The Morgan fingerprint density at radius 3 is 2.53 bits per heavy atom. The lowest BCUT2D eigenvalue weighted by Crippen LogP contribution is -2.39. The highest BCUT2D eigenvalue weighted by Gasteiger charge is 2.59. The summed E-state index contributed by atoms with van der Waals surface area (Å²) in [5.74, 6) is 0.809. The summed E-state index contributed by atoms with van der Waals surface area (Å²) in [4.78, 5) is 17.5. The molecule has 1 aliphatic carbocycles. The molecule has 1 saturated carbocycles. The number of aromatic nitrogens is 1. The lowest BCUT2D eigenvalue weighted by atomic mass is 10.0. The minimum absolute atomic E-state index is 0.174. The molecule has 30 heavy (non-hydrogen) atoms. The van der Waals surface area contributed by atoms with E-state index in [4.69, 9.17) is 0 Å². The number of carbonyl (C=O) groups excluding carboxylic acids is 1. The highest BCUT2D eigenvalue weighted by Crippen LogP contribution is 2.56. The predicted molar refractivity (Wildman–Crippen MR) is 108 cm³/mol. The van der Waals surface area contributed by atoms with Crippen molar-refractivity contribution in [2.75, 3.05) is 19.6 Å². The Hall–Kier alpha value is -2.67. The summed E-state index contributed by atoms with van der Waals surface area (Å²) in [5, 5.41) is 2.86. The Labute approximate surface area is 173 Å². The van der Waals surface area contributed by atoms with E-state index in [-0.39, 0.29) is 5.91 Å². The molecule has 2 aliphatic rings. The van der Waals surface area contributed by atoms with Crippen molar-refractivity contribution in [2.45, 2.75) is 18.6 Å². The van der Waals surface area contributed by atoms with Crippen LogP contribution in [0.4, 0.5) is 13.2 Å². The van der Waals surface area contributed by atoms with Gasteiger partial charge in [-0.15, -0.1) is 0 Å². The fourth-order valence-corrected chi connectivity index (χ4v) is 4.63. The van der Waals surface area contributed by atoms with Crippen LogP contribution in [0.5, 0.6) is 0 Å². The zero-order valence-corrected chi connectivity index (χ0v) is 16.4. The molecule has 1 aromatic carbocycles. The molecule has 4 atom stereocenters. The molecule has 0 radical (unpaired) electrons. The quantitative estimate of drug-likeness (QED) is 0.693. The zero-order valence-electron chi connectivity index (χ0n) is 16.4. The third-order valence-electron chi connectivity index (χ3n) is 6.08. The Morgan fingerprint density at radius 1 is 1.17 bits per heavy atom. The number of halogens is 3. The molecular formula is C23H24F3N3O. The van der Waals surface area contributed by atoms with Gasteiger partial charge in [-0.25, -0.2) is 0 Å². The number of alkyl halides is 3. The molecular weight excluding hydrogens is 391 g/mol. The normalized spacial score (nSPS) is 24.6. The van der Waals surface area contributed by atoms with E-state index < -0.39 is 12.2 Å². The minimum atomic E-state index is -4.29. The Bertz CT molecular complexity index is 874. The summed E-state index contributed by atoms with van der Waals surface area (Å²) >= 11 is 0. The second-order valence-electron chi connectivity index (χ2n) is 8.00. The molecule has 2 aromatic rings. The average Bonchev–Trinajstić information content (AvgIpc) is 3.17. The minimum Gasteiger partial charge on any atom is -0.353 e. The molecule has 1 aromatic heterocycles. The van der Waals surface area contributed by atoms with Crippen LogP contribution in [0.1, 0.15) is 23.6 Å². The molecule has 1 aliphatic heterocycles. The van der Waals surface area contributed by atoms with Gasteiger partial charge in [0.1, 0.15) is 6.04 Å². The predicted octanol–water partition coefficient (Wildman–Crippen LogP) is 4.08. The summed E-state index contributed by atoms with van der Waals surface area (Å²) in [6.45, 7) is 1.46. The Morgan fingerprint density at radius 2 is 1.90 bits per heavy atom. The van der Waals surface area contributed by atoms with Crippen LogP contribution in [-0.4, -0.2) is 41.6 Å². The number of nitrogens with one attached hydrogen (secondary N) is 1. The van der Waals surface area contributed by atoms with Crippen molar-refractivity contribution in [3.05, 3.63) is 72.1 Å². The van der Waals surface area contributed by atoms with Crippen LogP contribution in [-0.2, 0) is 4.79 Å². The maximum atomic E-state index is 13.7. The first-order chi connectivity index (χ1) is 14.4. The van der Waals surface area contributed by atoms with E-state index in [9.17, 15) is 18.0 Å². The van der Waals surface area contributed by atoms with Gasteiger partial charge in [-0.2, -0.15) is 13.2 Å². The van der Waals surface area contributed by atoms with E-state index >= 15 is 0 Å². The van der Waals surface area contributed by atoms with E-state index in [0.29, 0.717) is 43.0 Å². The second-order valence-corrected chi connectivity index (χ2v) is 8.00. The van der Waals surface area contributed by atoms with E-state index in [1.54, 1.807) is 59.8 Å². The van der Waals surface area contributed by atoms with Crippen LogP contribution in [0.25, 0.3) is 6.08 Å². The zero-order chi connectivity index (χ0) is 21.1. The van der Waals surface area contributed by atoms with Crippen molar-refractivity contribution in [3.63, 3.8) is 0 Å². The van der Waals surface area contributed by atoms with E-state index in [2.05, 4.69) is 10.3 Å². The highest BCUT2D eigenvalue weighted by atomic mass is 19.4. The maximum absolute atomic E-state index is 13.7. The number of nitrogens with zero attached hydrogens (tertiary/aromatic N) is 2. The Kier molecular flexibility index (Phi) is 5.90. The van der Waals surface area contributed by atoms with Gasteiger partial charge in [-0.3, -0.25) is 14.7 Å². The van der Waals surface area contributed by atoms with Crippen LogP contribution in [0.3, 0.4) is 0 Å². The fourth-order valence-electron chi connectivity index (χ4n) is 4.63. The molecule has 4 rings (SSSR count). The van der Waals surface area contributed by atoms with Gasteiger partial charge in [-0.1, -0.05) is 36.4 Å². The number of fused-ring (bicyclic) bond motifs is 1. The van der Waals surface area contributed by atoms with E-state index in [0.717, 1.165) is 12.0 Å². The van der Waals surface area contributed by atoms with Gasteiger partial charge in [0.15, 0.2) is 0 Å². The smallest absolute Gasteiger partial charge is 0.353 e. The summed E-state index contributed by atoms with van der Waals surface area (Å²) in [6, 6.07) is 10.3. The summed E-state index contributed by atoms with van der Waals surface area (Å²) in [7, 11) is 0. The third-order valence-corrected chi connectivity index (χ3v) is 6.08. The standard InChI is InChI=1S/C23H24F3N3O/c24-23(25,26)22(17-6-2-1-3-7-17)29-14-19-18(20(19)15-29)10-12-28-21(30)9-8-16-5-4-11-27-13-16/h1-9,11,13,18-20,22H,10,12,14-15H2,(H,28,30)/b9-8+/t18-,19-,20+,22?. The van der Waals surface area contributed by atoms with Gasteiger partial charge in [0.2, 0.25) is 5.91 Å². The number of pyridine rings is 1. The van der Waals surface area contributed by atoms with Gasteiger partial charge < -0.3 is 5.32 Å². The molecule has 1 unspecified atom stereocenters. The van der Waals surface area contributed by atoms with Crippen molar-refractivity contribution in [1.29, 1.82) is 0 Å². The molecule has 2 fully saturated rings. The average molecular weight is 415 g/mol. The van der Waals surface area contributed by atoms with Crippen LogP contribution in [0.2, 0.25) is 0 Å².